The number of imidazole rings is 1. The van der Waals surface area contributed by atoms with E-state index in [2.05, 4.69) is 15.1 Å². The highest BCUT2D eigenvalue weighted by atomic mass is 32.2. The molecule has 0 atom stereocenters. The second-order valence-corrected chi connectivity index (χ2v) is 10.1. The Labute approximate surface area is 176 Å². The molecule has 0 fully saturated rings. The maximum atomic E-state index is 13.5. The van der Waals surface area contributed by atoms with Gasteiger partial charge in [0.1, 0.15) is 5.76 Å². The molecule has 1 aliphatic heterocycles. The first-order valence-corrected chi connectivity index (χ1v) is 11.7. The van der Waals surface area contributed by atoms with Crippen molar-refractivity contribution >= 4 is 38.5 Å². The molecule has 2 aromatic heterocycles. The summed E-state index contributed by atoms with van der Waals surface area (Å²) in [4.78, 5) is 17.8. The van der Waals surface area contributed by atoms with Gasteiger partial charge in [-0.3, -0.25) is 4.31 Å². The Hall–Kier alpha value is -2.98. The molecule has 0 saturated heterocycles. The van der Waals surface area contributed by atoms with E-state index >= 15 is 0 Å². The first kappa shape index (κ1) is 19.0. The lowest BCUT2D eigenvalue weighted by Crippen LogP contribution is -2.35. The summed E-state index contributed by atoms with van der Waals surface area (Å²) >= 11 is 1.63. The van der Waals surface area contributed by atoms with E-state index in [1.54, 1.807) is 17.8 Å². The average molecular weight is 443 g/mol. The molecule has 5 rings (SSSR count). The second kappa shape index (κ2) is 6.78. The minimum Gasteiger partial charge on any atom is -0.361 e. The van der Waals surface area contributed by atoms with Gasteiger partial charge in [-0.05, 0) is 49.7 Å². The number of aromatic amines is 2. The summed E-state index contributed by atoms with van der Waals surface area (Å²) in [5.74, 6) is 1.34. The van der Waals surface area contributed by atoms with Crippen LogP contribution in [-0.2, 0) is 10.0 Å². The van der Waals surface area contributed by atoms with Crippen LogP contribution in [-0.4, -0.2) is 35.8 Å². The molecule has 0 aliphatic carbocycles. The third-order valence-electron chi connectivity index (χ3n) is 5.18. The summed E-state index contributed by atoms with van der Waals surface area (Å²) in [7, 11) is -3.82. The molecule has 0 radical (unpaired) electrons. The maximum Gasteiger partial charge on any atom is 0.323 e. The molecule has 30 heavy (non-hydrogen) atoms. The zero-order valence-electron chi connectivity index (χ0n) is 16.2. The number of nitrogens with one attached hydrogen (secondary N) is 2. The predicted octanol–water partition coefficient (Wildman–Crippen LogP) is 3.43. The van der Waals surface area contributed by atoms with Crippen molar-refractivity contribution in [1.82, 2.24) is 15.1 Å². The fourth-order valence-electron chi connectivity index (χ4n) is 3.79. The SMILES string of the molecule is Cc1noc(C)c1-c1ccc2c(c1)N(S(=O)(=O)c1ccc3[nH]c(=O)[nH]c3c1)CCS2. The molecule has 0 saturated carbocycles. The molecule has 4 aromatic rings. The van der Waals surface area contributed by atoms with E-state index in [1.807, 2.05) is 32.0 Å². The van der Waals surface area contributed by atoms with Gasteiger partial charge in [0, 0.05) is 22.8 Å². The van der Waals surface area contributed by atoms with Crippen LogP contribution in [0.1, 0.15) is 11.5 Å². The van der Waals surface area contributed by atoms with Gasteiger partial charge in [0.15, 0.2) is 0 Å². The Morgan fingerprint density at radius 3 is 2.67 bits per heavy atom. The third kappa shape index (κ3) is 2.94. The van der Waals surface area contributed by atoms with Crippen LogP contribution in [0.5, 0.6) is 0 Å². The summed E-state index contributed by atoms with van der Waals surface area (Å²) in [5.41, 5.74) is 3.77. The number of fused-ring (bicyclic) bond motifs is 2. The van der Waals surface area contributed by atoms with E-state index in [9.17, 15) is 13.2 Å². The molecular formula is C20H18N4O4S2. The van der Waals surface area contributed by atoms with Crippen LogP contribution in [0.15, 0.2) is 55.5 Å². The Morgan fingerprint density at radius 2 is 1.90 bits per heavy atom. The maximum absolute atomic E-state index is 13.5. The Balaban J connectivity index is 1.63. The molecule has 0 spiro atoms. The first-order chi connectivity index (χ1) is 14.3. The van der Waals surface area contributed by atoms with Crippen molar-refractivity contribution < 1.29 is 12.9 Å². The molecule has 0 amide bonds. The number of H-pyrrole nitrogens is 2. The Bertz CT molecular complexity index is 1430. The van der Waals surface area contributed by atoms with Gasteiger partial charge in [-0.25, -0.2) is 13.2 Å². The molecule has 1 aliphatic rings. The number of hydrogen-bond acceptors (Lipinski definition) is 6. The monoisotopic (exact) mass is 442 g/mol. The van der Waals surface area contributed by atoms with Gasteiger partial charge in [-0.1, -0.05) is 11.2 Å². The van der Waals surface area contributed by atoms with E-state index in [0.717, 1.165) is 21.7 Å². The zero-order chi connectivity index (χ0) is 21.0. The number of thioether (sulfide) groups is 1. The lowest BCUT2D eigenvalue weighted by molar-refractivity contribution is 0.393. The summed E-state index contributed by atoms with van der Waals surface area (Å²) in [6, 6.07) is 10.4. The topological polar surface area (TPSA) is 112 Å². The highest BCUT2D eigenvalue weighted by Gasteiger charge is 2.30. The summed E-state index contributed by atoms with van der Waals surface area (Å²) in [6.45, 7) is 4.05. The number of anilines is 1. The summed E-state index contributed by atoms with van der Waals surface area (Å²) < 4.78 is 33.7. The largest absolute Gasteiger partial charge is 0.361 e. The van der Waals surface area contributed by atoms with Crippen LogP contribution < -0.4 is 9.99 Å². The van der Waals surface area contributed by atoms with E-state index in [1.165, 1.54) is 16.4 Å². The van der Waals surface area contributed by atoms with Gasteiger partial charge in [0.25, 0.3) is 10.0 Å². The highest BCUT2D eigenvalue weighted by Crippen LogP contribution is 2.41. The Morgan fingerprint density at radius 1 is 1.10 bits per heavy atom. The van der Waals surface area contributed by atoms with Crippen molar-refractivity contribution in [3.05, 3.63) is 58.3 Å². The van der Waals surface area contributed by atoms with Crippen molar-refractivity contribution in [1.29, 1.82) is 0 Å². The minimum atomic E-state index is -3.82. The first-order valence-electron chi connectivity index (χ1n) is 9.29. The second-order valence-electron chi connectivity index (χ2n) is 7.09. The number of hydrogen-bond donors (Lipinski definition) is 2. The van der Waals surface area contributed by atoms with E-state index < -0.39 is 10.0 Å². The molecule has 154 valence electrons. The molecule has 0 unspecified atom stereocenters. The number of aryl methyl sites for hydroxylation is 2. The molecule has 3 heterocycles. The van der Waals surface area contributed by atoms with E-state index in [-0.39, 0.29) is 10.6 Å². The van der Waals surface area contributed by atoms with E-state index in [0.29, 0.717) is 34.8 Å². The number of aromatic nitrogens is 3. The minimum absolute atomic E-state index is 0.130. The van der Waals surface area contributed by atoms with E-state index in [4.69, 9.17) is 4.52 Å². The molecule has 8 nitrogen and oxygen atoms in total. The fraction of sp³-hybridized carbons (Fsp3) is 0.200. The molecule has 10 heteroatoms. The normalized spacial score (nSPS) is 14.3. The molecular weight excluding hydrogens is 424 g/mol. The number of rotatable bonds is 3. The fourth-order valence-corrected chi connectivity index (χ4v) is 6.44. The van der Waals surface area contributed by atoms with Crippen LogP contribution in [0.4, 0.5) is 5.69 Å². The van der Waals surface area contributed by atoms with Crippen LogP contribution >= 0.6 is 11.8 Å². The van der Waals surface area contributed by atoms with Gasteiger partial charge >= 0.3 is 5.69 Å². The van der Waals surface area contributed by atoms with Gasteiger partial charge in [0.2, 0.25) is 0 Å². The van der Waals surface area contributed by atoms with Crippen LogP contribution in [0.25, 0.3) is 22.2 Å². The van der Waals surface area contributed by atoms with Crippen LogP contribution in [0.3, 0.4) is 0 Å². The van der Waals surface area contributed by atoms with Crippen molar-refractivity contribution in [2.45, 2.75) is 23.6 Å². The molecule has 2 N–H and O–H groups in total. The van der Waals surface area contributed by atoms with Crippen molar-refractivity contribution in [2.24, 2.45) is 0 Å². The predicted molar refractivity (Wildman–Crippen MR) is 116 cm³/mol. The zero-order valence-corrected chi connectivity index (χ0v) is 17.9. The standard InChI is InChI=1S/C20H18N4O4S2/c1-11-19(12(2)28-23-11)13-3-6-18-17(9-13)24(7-8-29-18)30(26,27)14-4-5-15-16(10-14)22-20(25)21-15/h3-6,9-10H,7-8H2,1-2H3,(H2,21,22,25). The van der Waals surface area contributed by atoms with Crippen LogP contribution in [0.2, 0.25) is 0 Å². The van der Waals surface area contributed by atoms with Crippen LogP contribution in [0, 0.1) is 13.8 Å². The number of benzene rings is 2. The van der Waals surface area contributed by atoms with Gasteiger partial charge in [-0.2, -0.15) is 0 Å². The lowest BCUT2D eigenvalue weighted by Gasteiger charge is -2.30. The smallest absolute Gasteiger partial charge is 0.323 e. The third-order valence-corrected chi connectivity index (χ3v) is 8.03. The van der Waals surface area contributed by atoms with Gasteiger partial charge in [-0.15, -0.1) is 11.8 Å². The number of sulfonamides is 1. The van der Waals surface area contributed by atoms with Crippen molar-refractivity contribution in [3.8, 4) is 11.1 Å². The Kier molecular flexibility index (Phi) is 4.30. The molecule has 2 aromatic carbocycles. The lowest BCUT2D eigenvalue weighted by atomic mass is 10.0. The van der Waals surface area contributed by atoms with Crippen molar-refractivity contribution in [2.75, 3.05) is 16.6 Å². The average Bonchev–Trinajstić information content (AvgIpc) is 3.26. The van der Waals surface area contributed by atoms with Gasteiger partial charge < -0.3 is 14.5 Å². The summed E-state index contributed by atoms with van der Waals surface area (Å²) in [5, 5.41) is 4.01. The highest BCUT2D eigenvalue weighted by molar-refractivity contribution is 8.00. The summed E-state index contributed by atoms with van der Waals surface area (Å²) in [6.07, 6.45) is 0. The van der Waals surface area contributed by atoms with Gasteiger partial charge in [0.05, 0.1) is 27.3 Å². The quantitative estimate of drug-likeness (QED) is 0.503. The molecule has 0 bridgehead atoms. The van der Waals surface area contributed by atoms with Crippen molar-refractivity contribution in [3.63, 3.8) is 0 Å². The number of nitrogens with zero attached hydrogens (tertiary/aromatic N) is 2.